The van der Waals surface area contributed by atoms with Gasteiger partial charge in [-0.3, -0.25) is 4.79 Å². The Morgan fingerprint density at radius 3 is 2.56 bits per heavy atom. The molecule has 0 aliphatic carbocycles. The molecule has 2 aromatic carbocycles. The minimum Gasteiger partial charge on any atom is -0.294 e. The monoisotopic (exact) mass is 235 g/mol. The van der Waals surface area contributed by atoms with Crippen molar-refractivity contribution < 1.29 is 4.79 Å². The van der Waals surface area contributed by atoms with Gasteiger partial charge in [-0.05, 0) is 24.1 Å². The Bertz CT molecular complexity index is 582. The summed E-state index contributed by atoms with van der Waals surface area (Å²) in [6.45, 7) is 0. The summed E-state index contributed by atoms with van der Waals surface area (Å²) in [4.78, 5) is 12.0. The predicted molar refractivity (Wildman–Crippen MR) is 70.3 cm³/mol. The number of hydrogen-bond donors (Lipinski definition) is 0. The smallest absolute Gasteiger partial charge is 0.163 e. The Morgan fingerprint density at radius 2 is 1.83 bits per heavy atom. The van der Waals surface area contributed by atoms with Crippen LogP contribution in [0.4, 0.5) is 0 Å². The second-order valence-electron chi connectivity index (χ2n) is 4.10. The van der Waals surface area contributed by atoms with Crippen LogP contribution in [0.25, 0.3) is 0 Å². The van der Waals surface area contributed by atoms with Crippen LogP contribution in [0.5, 0.6) is 0 Å². The van der Waals surface area contributed by atoms with E-state index >= 15 is 0 Å². The van der Waals surface area contributed by atoms with E-state index in [0.29, 0.717) is 17.5 Å². The molecule has 0 N–H and O–H groups in total. The van der Waals surface area contributed by atoms with Crippen molar-refractivity contribution in [1.82, 2.24) is 0 Å². The second kappa shape index (κ2) is 5.79. The number of ketones is 1. The van der Waals surface area contributed by atoms with Crippen molar-refractivity contribution >= 4 is 5.78 Å². The maximum atomic E-state index is 12.0. The molecule has 2 heteroatoms. The number of rotatable bonds is 4. The normalized spacial score (nSPS) is 9.72. The van der Waals surface area contributed by atoms with Crippen LogP contribution >= 0.6 is 0 Å². The topological polar surface area (TPSA) is 40.9 Å². The van der Waals surface area contributed by atoms with E-state index in [1.54, 1.807) is 24.3 Å². The van der Waals surface area contributed by atoms with E-state index in [9.17, 15) is 4.79 Å². The van der Waals surface area contributed by atoms with E-state index in [1.807, 2.05) is 36.4 Å². The average Bonchev–Trinajstić information content (AvgIpc) is 2.46. The standard InChI is InChI=1S/C16H13NO/c17-12-14-7-4-8-15(11-14)16(18)10-9-13-5-2-1-3-6-13/h1-8,11H,9-10H2. The van der Waals surface area contributed by atoms with Gasteiger partial charge >= 0.3 is 0 Å². The summed E-state index contributed by atoms with van der Waals surface area (Å²) in [7, 11) is 0. The van der Waals surface area contributed by atoms with Crippen molar-refractivity contribution in [2.45, 2.75) is 12.8 Å². The van der Waals surface area contributed by atoms with Crippen LogP contribution in [0.15, 0.2) is 54.6 Å². The highest BCUT2D eigenvalue weighted by Gasteiger charge is 2.06. The lowest BCUT2D eigenvalue weighted by atomic mass is 10.0. The van der Waals surface area contributed by atoms with Gasteiger partial charge in [0.2, 0.25) is 0 Å². The number of Topliss-reactive ketones (excluding diaryl/α,β-unsaturated/α-hetero) is 1. The molecule has 0 atom stereocenters. The lowest BCUT2D eigenvalue weighted by molar-refractivity contribution is 0.0983. The number of nitriles is 1. The van der Waals surface area contributed by atoms with Crippen LogP contribution in [0, 0.1) is 11.3 Å². The molecule has 0 spiro atoms. The Labute approximate surface area is 107 Å². The summed E-state index contributed by atoms with van der Waals surface area (Å²) in [5.74, 6) is 0.0796. The first-order chi connectivity index (χ1) is 8.79. The van der Waals surface area contributed by atoms with E-state index in [0.717, 1.165) is 12.0 Å². The molecule has 0 aliphatic rings. The highest BCUT2D eigenvalue weighted by molar-refractivity contribution is 5.96. The first-order valence-corrected chi connectivity index (χ1v) is 5.87. The number of aryl methyl sites for hydroxylation is 1. The number of benzene rings is 2. The van der Waals surface area contributed by atoms with Crippen LogP contribution in [0.2, 0.25) is 0 Å². The van der Waals surface area contributed by atoms with Gasteiger partial charge in [-0.15, -0.1) is 0 Å². The zero-order valence-electron chi connectivity index (χ0n) is 9.97. The van der Waals surface area contributed by atoms with Crippen LogP contribution in [0.1, 0.15) is 27.9 Å². The fourth-order valence-corrected chi connectivity index (χ4v) is 1.81. The number of nitrogens with zero attached hydrogens (tertiary/aromatic N) is 1. The molecular formula is C16H13NO. The van der Waals surface area contributed by atoms with Crippen molar-refractivity contribution in [3.05, 3.63) is 71.3 Å². The summed E-state index contributed by atoms with van der Waals surface area (Å²) in [6, 6.07) is 18.8. The molecule has 2 nitrogen and oxygen atoms in total. The van der Waals surface area contributed by atoms with Crippen molar-refractivity contribution in [3.8, 4) is 6.07 Å². The van der Waals surface area contributed by atoms with E-state index in [2.05, 4.69) is 0 Å². The first-order valence-electron chi connectivity index (χ1n) is 5.87. The maximum absolute atomic E-state index is 12.0. The van der Waals surface area contributed by atoms with Gasteiger partial charge in [0.25, 0.3) is 0 Å². The summed E-state index contributed by atoms with van der Waals surface area (Å²) in [5, 5.41) is 8.79. The van der Waals surface area contributed by atoms with Gasteiger partial charge in [0.05, 0.1) is 11.6 Å². The Kier molecular flexibility index (Phi) is 3.88. The quantitative estimate of drug-likeness (QED) is 0.762. The van der Waals surface area contributed by atoms with Crippen LogP contribution < -0.4 is 0 Å². The molecule has 0 unspecified atom stereocenters. The van der Waals surface area contributed by atoms with Gasteiger partial charge in [-0.25, -0.2) is 0 Å². The molecule has 18 heavy (non-hydrogen) atoms. The van der Waals surface area contributed by atoms with Crippen molar-refractivity contribution in [2.75, 3.05) is 0 Å². The molecule has 2 aromatic rings. The zero-order valence-corrected chi connectivity index (χ0v) is 9.97. The summed E-state index contributed by atoms with van der Waals surface area (Å²) >= 11 is 0. The maximum Gasteiger partial charge on any atom is 0.163 e. The minimum atomic E-state index is 0.0796. The van der Waals surface area contributed by atoms with E-state index in [-0.39, 0.29) is 5.78 Å². The van der Waals surface area contributed by atoms with Crippen LogP contribution in [0.3, 0.4) is 0 Å². The summed E-state index contributed by atoms with van der Waals surface area (Å²) in [5.41, 5.74) is 2.30. The highest BCUT2D eigenvalue weighted by atomic mass is 16.1. The van der Waals surface area contributed by atoms with Gasteiger partial charge in [-0.2, -0.15) is 5.26 Å². The third-order valence-electron chi connectivity index (χ3n) is 2.80. The molecule has 0 aliphatic heterocycles. The summed E-state index contributed by atoms with van der Waals surface area (Å²) in [6.07, 6.45) is 1.20. The lowest BCUT2D eigenvalue weighted by Crippen LogP contribution is -2.01. The Morgan fingerprint density at radius 1 is 1.06 bits per heavy atom. The van der Waals surface area contributed by atoms with Crippen molar-refractivity contribution in [1.29, 1.82) is 5.26 Å². The molecule has 0 saturated heterocycles. The van der Waals surface area contributed by atoms with E-state index in [4.69, 9.17) is 5.26 Å². The molecule has 0 aromatic heterocycles. The van der Waals surface area contributed by atoms with Gasteiger partial charge in [0, 0.05) is 12.0 Å². The molecule has 0 bridgehead atoms. The third kappa shape index (κ3) is 3.05. The highest BCUT2D eigenvalue weighted by Crippen LogP contribution is 2.10. The molecule has 0 saturated carbocycles. The molecule has 88 valence electrons. The molecule has 0 heterocycles. The lowest BCUT2D eigenvalue weighted by Gasteiger charge is -2.02. The van der Waals surface area contributed by atoms with Gasteiger partial charge in [-0.1, -0.05) is 42.5 Å². The molecular weight excluding hydrogens is 222 g/mol. The average molecular weight is 235 g/mol. The van der Waals surface area contributed by atoms with Crippen LogP contribution in [-0.4, -0.2) is 5.78 Å². The first kappa shape index (κ1) is 12.1. The van der Waals surface area contributed by atoms with Gasteiger partial charge < -0.3 is 0 Å². The zero-order chi connectivity index (χ0) is 12.8. The molecule has 2 rings (SSSR count). The van der Waals surface area contributed by atoms with Gasteiger partial charge in [0.1, 0.15) is 0 Å². The fraction of sp³-hybridized carbons (Fsp3) is 0.125. The molecule has 0 amide bonds. The largest absolute Gasteiger partial charge is 0.294 e. The van der Waals surface area contributed by atoms with Gasteiger partial charge in [0.15, 0.2) is 5.78 Å². The van der Waals surface area contributed by atoms with E-state index in [1.165, 1.54) is 0 Å². The Balaban J connectivity index is 2.02. The number of hydrogen-bond acceptors (Lipinski definition) is 2. The predicted octanol–water partition coefficient (Wildman–Crippen LogP) is 3.37. The van der Waals surface area contributed by atoms with Crippen molar-refractivity contribution in [2.24, 2.45) is 0 Å². The third-order valence-corrected chi connectivity index (χ3v) is 2.80. The SMILES string of the molecule is N#Cc1cccc(C(=O)CCc2ccccc2)c1. The van der Waals surface area contributed by atoms with Crippen LogP contribution in [-0.2, 0) is 6.42 Å². The second-order valence-corrected chi connectivity index (χ2v) is 4.10. The van der Waals surface area contributed by atoms with Crippen molar-refractivity contribution in [3.63, 3.8) is 0 Å². The number of carbonyl (C=O) groups is 1. The summed E-state index contributed by atoms with van der Waals surface area (Å²) < 4.78 is 0. The Hall–Kier alpha value is -2.40. The molecule has 0 radical (unpaired) electrons. The fourth-order valence-electron chi connectivity index (χ4n) is 1.81. The minimum absolute atomic E-state index is 0.0796. The number of carbonyl (C=O) groups excluding carboxylic acids is 1. The molecule has 0 fully saturated rings. The van der Waals surface area contributed by atoms with E-state index < -0.39 is 0 Å².